The molecule has 0 bridgehead atoms. The third-order valence-corrected chi connectivity index (χ3v) is 1.85. The quantitative estimate of drug-likeness (QED) is 0.191. The van der Waals surface area contributed by atoms with E-state index in [9.17, 15) is 14.5 Å². The Morgan fingerprint density at radius 3 is 2.94 bits per heavy atom. The fourth-order valence-corrected chi connectivity index (χ4v) is 1.08. The molecule has 0 saturated carbocycles. The number of non-ortho nitro benzene ring substituents is 1. The first-order valence-corrected chi connectivity index (χ1v) is 4.72. The van der Waals surface area contributed by atoms with Crippen molar-refractivity contribution in [2.45, 2.75) is 6.42 Å². The molecule has 0 aliphatic rings. The largest absolute Gasteiger partial charge is 0.491 e. The molecule has 1 aromatic carbocycles. The van der Waals surface area contributed by atoms with E-state index in [2.05, 4.69) is 10.0 Å². The van der Waals surface area contributed by atoms with Gasteiger partial charge in [0.15, 0.2) is 11.6 Å². The lowest BCUT2D eigenvalue weighted by atomic mass is 10.3. The Kier molecular flexibility index (Phi) is 4.71. The first-order chi connectivity index (χ1) is 8.15. The molecule has 0 amide bonds. The molecule has 0 unspecified atom stereocenters. The van der Waals surface area contributed by atoms with Gasteiger partial charge in [-0.25, -0.2) is 4.39 Å². The van der Waals surface area contributed by atoms with E-state index >= 15 is 0 Å². The number of azide groups is 1. The Balaban J connectivity index is 2.54. The Labute approximate surface area is 95.6 Å². The molecule has 0 aliphatic heterocycles. The standard InChI is InChI=1S/C9H9FN4O3/c10-8-6-7(14(15)16)2-3-9(8)17-5-1-4-12-13-11/h2-3,6H,1,4-5H2. The first kappa shape index (κ1) is 12.7. The van der Waals surface area contributed by atoms with Crippen LogP contribution in [0.3, 0.4) is 0 Å². The topological polar surface area (TPSA) is 101 Å². The van der Waals surface area contributed by atoms with Gasteiger partial charge in [-0.15, -0.1) is 0 Å². The molecule has 1 aromatic rings. The van der Waals surface area contributed by atoms with Gasteiger partial charge in [-0.3, -0.25) is 10.1 Å². The first-order valence-electron chi connectivity index (χ1n) is 4.72. The summed E-state index contributed by atoms with van der Waals surface area (Å²) in [6.45, 7) is 0.429. The average Bonchev–Trinajstić information content (AvgIpc) is 2.30. The second-order valence-corrected chi connectivity index (χ2v) is 3.03. The van der Waals surface area contributed by atoms with Crippen LogP contribution < -0.4 is 4.74 Å². The minimum absolute atomic E-state index is 0.0588. The predicted molar refractivity (Wildman–Crippen MR) is 57.2 cm³/mol. The lowest BCUT2D eigenvalue weighted by Crippen LogP contribution is -2.01. The van der Waals surface area contributed by atoms with Gasteiger partial charge in [-0.1, -0.05) is 5.11 Å². The van der Waals surface area contributed by atoms with Crippen LogP contribution in [0.4, 0.5) is 10.1 Å². The smallest absolute Gasteiger partial charge is 0.272 e. The van der Waals surface area contributed by atoms with E-state index in [-0.39, 0.29) is 24.6 Å². The van der Waals surface area contributed by atoms with Crippen LogP contribution in [-0.2, 0) is 0 Å². The second kappa shape index (κ2) is 6.29. The van der Waals surface area contributed by atoms with Crippen LogP contribution in [0.25, 0.3) is 10.4 Å². The highest BCUT2D eigenvalue weighted by Gasteiger charge is 2.11. The maximum atomic E-state index is 13.3. The van der Waals surface area contributed by atoms with Gasteiger partial charge >= 0.3 is 0 Å². The molecule has 0 saturated heterocycles. The van der Waals surface area contributed by atoms with E-state index in [1.807, 2.05) is 0 Å². The summed E-state index contributed by atoms with van der Waals surface area (Å²) < 4.78 is 18.3. The van der Waals surface area contributed by atoms with Gasteiger partial charge in [0.05, 0.1) is 17.6 Å². The Morgan fingerprint density at radius 1 is 1.59 bits per heavy atom. The van der Waals surface area contributed by atoms with E-state index in [1.165, 1.54) is 6.07 Å². The highest BCUT2D eigenvalue weighted by molar-refractivity contribution is 5.37. The van der Waals surface area contributed by atoms with Crippen molar-refractivity contribution in [3.63, 3.8) is 0 Å². The van der Waals surface area contributed by atoms with Crippen molar-refractivity contribution < 1.29 is 14.1 Å². The molecule has 17 heavy (non-hydrogen) atoms. The van der Waals surface area contributed by atoms with Crippen molar-refractivity contribution in [2.75, 3.05) is 13.2 Å². The third kappa shape index (κ3) is 3.96. The number of benzene rings is 1. The van der Waals surface area contributed by atoms with E-state index in [4.69, 9.17) is 10.3 Å². The SMILES string of the molecule is [N-]=[N+]=NCCCOc1ccc([N+](=O)[O-])cc1F. The van der Waals surface area contributed by atoms with Gasteiger partial charge in [-0.05, 0) is 18.0 Å². The van der Waals surface area contributed by atoms with Crippen LogP contribution in [0.5, 0.6) is 5.75 Å². The van der Waals surface area contributed by atoms with E-state index in [0.717, 1.165) is 12.1 Å². The summed E-state index contributed by atoms with van der Waals surface area (Å²) in [4.78, 5) is 12.2. The maximum Gasteiger partial charge on any atom is 0.272 e. The molecule has 0 radical (unpaired) electrons. The summed E-state index contributed by atoms with van der Waals surface area (Å²) in [6.07, 6.45) is 0.445. The average molecular weight is 240 g/mol. The van der Waals surface area contributed by atoms with Crippen LogP contribution in [0.2, 0.25) is 0 Å². The van der Waals surface area contributed by atoms with Gasteiger partial charge in [0.2, 0.25) is 0 Å². The van der Waals surface area contributed by atoms with Crippen molar-refractivity contribution in [2.24, 2.45) is 5.11 Å². The van der Waals surface area contributed by atoms with Crippen molar-refractivity contribution in [3.8, 4) is 5.75 Å². The minimum atomic E-state index is -0.789. The Morgan fingerprint density at radius 2 is 2.35 bits per heavy atom. The fraction of sp³-hybridized carbons (Fsp3) is 0.333. The maximum absolute atomic E-state index is 13.3. The highest BCUT2D eigenvalue weighted by Crippen LogP contribution is 2.22. The van der Waals surface area contributed by atoms with Gasteiger partial charge < -0.3 is 4.74 Å². The number of halogens is 1. The zero-order valence-electron chi connectivity index (χ0n) is 8.74. The Bertz CT molecular complexity index is 460. The molecule has 0 N–H and O–H groups in total. The van der Waals surface area contributed by atoms with Gasteiger partial charge in [-0.2, -0.15) is 0 Å². The normalized spacial score (nSPS) is 9.47. The fourth-order valence-electron chi connectivity index (χ4n) is 1.08. The van der Waals surface area contributed by atoms with Gasteiger partial charge in [0, 0.05) is 17.5 Å². The molecular formula is C9H9FN4O3. The lowest BCUT2D eigenvalue weighted by Gasteiger charge is -2.05. The molecular weight excluding hydrogens is 231 g/mol. The van der Waals surface area contributed by atoms with E-state index in [1.54, 1.807) is 0 Å². The number of ether oxygens (including phenoxy) is 1. The van der Waals surface area contributed by atoms with Crippen molar-refractivity contribution in [3.05, 3.63) is 44.6 Å². The van der Waals surface area contributed by atoms with E-state index in [0.29, 0.717) is 6.42 Å². The zero-order valence-corrected chi connectivity index (χ0v) is 8.74. The zero-order chi connectivity index (χ0) is 12.7. The lowest BCUT2D eigenvalue weighted by molar-refractivity contribution is -0.385. The van der Waals surface area contributed by atoms with Gasteiger partial charge in [0.25, 0.3) is 5.69 Å². The summed E-state index contributed by atoms with van der Waals surface area (Å²) in [5, 5.41) is 13.6. The van der Waals surface area contributed by atoms with Crippen molar-refractivity contribution >= 4 is 5.69 Å². The minimum Gasteiger partial charge on any atom is -0.491 e. The van der Waals surface area contributed by atoms with Crippen LogP contribution >= 0.6 is 0 Å². The number of hydrogen-bond donors (Lipinski definition) is 0. The van der Waals surface area contributed by atoms with Gasteiger partial charge in [0.1, 0.15) is 0 Å². The number of nitrogens with zero attached hydrogens (tertiary/aromatic N) is 4. The summed E-state index contributed by atoms with van der Waals surface area (Å²) in [5.41, 5.74) is 7.67. The van der Waals surface area contributed by atoms with Crippen LogP contribution in [0.1, 0.15) is 6.42 Å². The van der Waals surface area contributed by atoms with Crippen LogP contribution in [0, 0.1) is 15.9 Å². The van der Waals surface area contributed by atoms with Crippen molar-refractivity contribution in [1.82, 2.24) is 0 Å². The molecule has 0 aromatic heterocycles. The summed E-state index contributed by atoms with van der Waals surface area (Å²) in [7, 11) is 0. The summed E-state index contributed by atoms with van der Waals surface area (Å²) >= 11 is 0. The molecule has 90 valence electrons. The molecule has 7 nitrogen and oxygen atoms in total. The molecule has 1 rings (SSSR count). The van der Waals surface area contributed by atoms with Crippen LogP contribution in [-0.4, -0.2) is 18.1 Å². The molecule has 0 fully saturated rings. The summed E-state index contributed by atoms with van der Waals surface area (Å²) in [6, 6.07) is 3.15. The Hall–Kier alpha value is -2.34. The molecule has 0 atom stereocenters. The molecule has 0 heterocycles. The second-order valence-electron chi connectivity index (χ2n) is 3.03. The molecule has 0 spiro atoms. The molecule has 0 aliphatic carbocycles. The summed E-state index contributed by atoms with van der Waals surface area (Å²) in [5.74, 6) is -0.848. The monoisotopic (exact) mass is 240 g/mol. The third-order valence-electron chi connectivity index (χ3n) is 1.85. The molecule has 8 heteroatoms. The van der Waals surface area contributed by atoms with E-state index < -0.39 is 10.7 Å². The number of nitro benzene ring substituents is 1. The highest BCUT2D eigenvalue weighted by atomic mass is 19.1. The predicted octanol–water partition coefficient (Wildman–Crippen LogP) is 2.81. The number of nitro groups is 1. The number of rotatable bonds is 6. The van der Waals surface area contributed by atoms with Crippen LogP contribution in [0.15, 0.2) is 23.3 Å². The van der Waals surface area contributed by atoms with Crippen molar-refractivity contribution in [1.29, 1.82) is 0 Å². The number of hydrogen-bond acceptors (Lipinski definition) is 4.